The molecule has 0 bridgehead atoms. The summed E-state index contributed by atoms with van der Waals surface area (Å²) in [4.78, 5) is 16.8. The number of thiazole rings is 1. The Labute approximate surface area is 130 Å². The van der Waals surface area contributed by atoms with Gasteiger partial charge in [-0.15, -0.1) is 11.3 Å². The molecule has 0 amide bonds. The molecule has 5 N–H and O–H groups in total. The number of likely N-dealkylation sites (N-methyl/N-ethyl adjacent to an activating group) is 1. The molecule has 0 saturated heterocycles. The van der Waals surface area contributed by atoms with E-state index in [1.165, 1.54) is 30.1 Å². The SMILES string of the molecule is CN(CC(=O)Oc1ccc2nc(S(N)(=O)=O)sc2c1)C(=N)N. The molecule has 1 aromatic heterocycles. The van der Waals surface area contributed by atoms with E-state index in [-0.39, 0.29) is 22.6 Å². The van der Waals surface area contributed by atoms with Gasteiger partial charge in [0.25, 0.3) is 10.0 Å². The third-order valence-electron chi connectivity index (χ3n) is 2.59. The molecule has 0 fully saturated rings. The maximum absolute atomic E-state index is 11.7. The first-order valence-corrected chi connectivity index (χ1v) is 8.22. The summed E-state index contributed by atoms with van der Waals surface area (Å²) in [5.41, 5.74) is 5.66. The molecule has 1 aromatic carbocycles. The largest absolute Gasteiger partial charge is 0.425 e. The molecule has 0 spiro atoms. The first-order valence-electron chi connectivity index (χ1n) is 5.86. The number of fused-ring (bicyclic) bond motifs is 1. The molecule has 0 atom stereocenters. The average molecular weight is 343 g/mol. The summed E-state index contributed by atoms with van der Waals surface area (Å²) in [6.07, 6.45) is 0. The number of rotatable bonds is 4. The minimum absolute atomic E-state index is 0.182. The Kier molecular flexibility index (Phi) is 4.30. The highest BCUT2D eigenvalue weighted by Gasteiger charge is 2.16. The van der Waals surface area contributed by atoms with E-state index in [1.807, 2.05) is 0 Å². The monoisotopic (exact) mass is 343 g/mol. The van der Waals surface area contributed by atoms with Gasteiger partial charge in [0.1, 0.15) is 12.3 Å². The third-order valence-corrected chi connectivity index (χ3v) is 4.93. The second kappa shape index (κ2) is 5.87. The molecule has 0 radical (unpaired) electrons. The summed E-state index contributed by atoms with van der Waals surface area (Å²) in [7, 11) is -2.39. The van der Waals surface area contributed by atoms with E-state index in [0.717, 1.165) is 11.3 Å². The molecule has 0 aliphatic rings. The highest BCUT2D eigenvalue weighted by Crippen LogP contribution is 2.28. The van der Waals surface area contributed by atoms with E-state index < -0.39 is 16.0 Å². The van der Waals surface area contributed by atoms with Gasteiger partial charge in [-0.1, -0.05) is 0 Å². The molecule has 22 heavy (non-hydrogen) atoms. The number of nitrogens with one attached hydrogen (secondary N) is 1. The van der Waals surface area contributed by atoms with Crippen LogP contribution in [0.15, 0.2) is 22.5 Å². The van der Waals surface area contributed by atoms with E-state index in [0.29, 0.717) is 10.2 Å². The van der Waals surface area contributed by atoms with Crippen molar-refractivity contribution in [1.29, 1.82) is 5.41 Å². The first kappa shape index (κ1) is 16.1. The van der Waals surface area contributed by atoms with Crippen LogP contribution in [-0.4, -0.2) is 43.8 Å². The molecule has 2 aromatic rings. The summed E-state index contributed by atoms with van der Waals surface area (Å²) in [6, 6.07) is 4.51. The van der Waals surface area contributed by atoms with Crippen LogP contribution in [0.2, 0.25) is 0 Å². The Balaban J connectivity index is 2.19. The molecule has 11 heteroatoms. The van der Waals surface area contributed by atoms with Crippen LogP contribution in [0.25, 0.3) is 10.2 Å². The highest BCUT2D eigenvalue weighted by atomic mass is 32.2. The lowest BCUT2D eigenvalue weighted by Gasteiger charge is -2.15. The topological polar surface area (TPSA) is 152 Å². The standard InChI is InChI=1S/C11H13N5O4S2/c1-16(10(12)13)5-9(17)20-6-2-3-7-8(4-6)21-11(15-7)22(14,18)19/h2-4H,5H2,1H3,(H3,12,13)(H2,14,18,19). The predicted octanol–water partition coefficient (Wildman–Crippen LogP) is -0.326. The van der Waals surface area contributed by atoms with Crippen molar-refractivity contribution < 1.29 is 17.9 Å². The van der Waals surface area contributed by atoms with Crippen molar-refractivity contribution in [2.24, 2.45) is 10.9 Å². The number of carbonyl (C=O) groups excluding carboxylic acids is 1. The number of primary sulfonamides is 1. The van der Waals surface area contributed by atoms with Crippen LogP contribution in [0.1, 0.15) is 0 Å². The average Bonchev–Trinajstić information content (AvgIpc) is 2.81. The molecular formula is C11H13N5O4S2. The van der Waals surface area contributed by atoms with Gasteiger partial charge in [-0.2, -0.15) is 0 Å². The first-order chi connectivity index (χ1) is 10.2. The summed E-state index contributed by atoms with van der Waals surface area (Å²) < 4.78 is 27.9. The Hall–Kier alpha value is -2.24. The van der Waals surface area contributed by atoms with E-state index in [9.17, 15) is 13.2 Å². The van der Waals surface area contributed by atoms with Crippen LogP contribution in [-0.2, 0) is 14.8 Å². The zero-order valence-corrected chi connectivity index (χ0v) is 13.1. The van der Waals surface area contributed by atoms with Crippen LogP contribution in [0.4, 0.5) is 0 Å². The van der Waals surface area contributed by atoms with Crippen LogP contribution < -0.4 is 15.6 Å². The fraction of sp³-hybridized carbons (Fsp3) is 0.182. The number of guanidine groups is 1. The van der Waals surface area contributed by atoms with Crippen molar-refractivity contribution in [2.45, 2.75) is 4.34 Å². The Morgan fingerprint density at radius 3 is 2.77 bits per heavy atom. The highest BCUT2D eigenvalue weighted by molar-refractivity contribution is 7.91. The van der Waals surface area contributed by atoms with Crippen molar-refractivity contribution >= 4 is 43.5 Å². The van der Waals surface area contributed by atoms with Gasteiger partial charge < -0.3 is 15.4 Å². The predicted molar refractivity (Wildman–Crippen MR) is 81.2 cm³/mol. The lowest BCUT2D eigenvalue weighted by Crippen LogP contribution is -2.38. The second-order valence-electron chi connectivity index (χ2n) is 4.37. The van der Waals surface area contributed by atoms with E-state index in [4.69, 9.17) is 21.0 Å². The quantitative estimate of drug-likeness (QED) is 0.297. The van der Waals surface area contributed by atoms with Gasteiger partial charge in [-0.05, 0) is 12.1 Å². The molecule has 0 unspecified atom stereocenters. The number of nitrogens with zero attached hydrogens (tertiary/aromatic N) is 2. The number of carbonyl (C=O) groups is 1. The third kappa shape index (κ3) is 3.69. The number of benzene rings is 1. The van der Waals surface area contributed by atoms with Crippen LogP contribution in [0.3, 0.4) is 0 Å². The van der Waals surface area contributed by atoms with Gasteiger partial charge in [0, 0.05) is 13.1 Å². The molecule has 0 saturated carbocycles. The molecule has 9 nitrogen and oxygen atoms in total. The molecule has 118 valence electrons. The molecule has 0 aliphatic heterocycles. The van der Waals surface area contributed by atoms with Crippen LogP contribution >= 0.6 is 11.3 Å². The number of hydrogen-bond acceptors (Lipinski definition) is 7. The van der Waals surface area contributed by atoms with Gasteiger partial charge in [0.15, 0.2) is 5.96 Å². The number of aromatic nitrogens is 1. The number of hydrogen-bond donors (Lipinski definition) is 3. The van der Waals surface area contributed by atoms with Gasteiger partial charge in [0.2, 0.25) is 4.34 Å². The van der Waals surface area contributed by atoms with Crippen molar-refractivity contribution in [3.05, 3.63) is 18.2 Å². The minimum Gasteiger partial charge on any atom is -0.425 e. The number of ether oxygens (including phenoxy) is 1. The van der Waals surface area contributed by atoms with Gasteiger partial charge in [-0.25, -0.2) is 23.3 Å². The zero-order chi connectivity index (χ0) is 16.5. The van der Waals surface area contributed by atoms with Crippen molar-refractivity contribution in [2.75, 3.05) is 13.6 Å². The molecule has 2 rings (SSSR count). The number of esters is 1. The Morgan fingerprint density at radius 2 is 2.18 bits per heavy atom. The smallest absolute Gasteiger partial charge is 0.331 e. The minimum atomic E-state index is -3.87. The lowest BCUT2D eigenvalue weighted by atomic mass is 10.3. The van der Waals surface area contributed by atoms with Crippen molar-refractivity contribution in [3.8, 4) is 5.75 Å². The second-order valence-corrected chi connectivity index (χ2v) is 7.14. The Bertz CT molecular complexity index is 845. The summed E-state index contributed by atoms with van der Waals surface area (Å²) in [6.45, 7) is -0.182. The maximum Gasteiger partial charge on any atom is 0.331 e. The van der Waals surface area contributed by atoms with Gasteiger partial charge in [-0.3, -0.25) is 5.41 Å². The van der Waals surface area contributed by atoms with E-state index >= 15 is 0 Å². The fourth-order valence-corrected chi connectivity index (χ4v) is 3.20. The number of sulfonamides is 1. The fourth-order valence-electron chi connectivity index (χ4n) is 1.51. The molecular weight excluding hydrogens is 330 g/mol. The van der Waals surface area contributed by atoms with Crippen molar-refractivity contribution in [1.82, 2.24) is 9.88 Å². The zero-order valence-electron chi connectivity index (χ0n) is 11.4. The maximum atomic E-state index is 11.7. The molecule has 0 aliphatic carbocycles. The summed E-state index contributed by atoms with van der Waals surface area (Å²) in [5.74, 6) is -0.625. The lowest BCUT2D eigenvalue weighted by molar-refractivity contribution is -0.134. The summed E-state index contributed by atoms with van der Waals surface area (Å²) in [5, 5.41) is 12.2. The van der Waals surface area contributed by atoms with Crippen LogP contribution in [0.5, 0.6) is 5.75 Å². The van der Waals surface area contributed by atoms with E-state index in [2.05, 4.69) is 4.98 Å². The molecule has 1 heterocycles. The Morgan fingerprint density at radius 1 is 1.50 bits per heavy atom. The van der Waals surface area contributed by atoms with Crippen LogP contribution in [0, 0.1) is 5.41 Å². The van der Waals surface area contributed by atoms with Gasteiger partial charge in [0.05, 0.1) is 10.2 Å². The van der Waals surface area contributed by atoms with Gasteiger partial charge >= 0.3 is 5.97 Å². The van der Waals surface area contributed by atoms with E-state index in [1.54, 1.807) is 0 Å². The normalized spacial score (nSPS) is 11.4. The summed E-state index contributed by atoms with van der Waals surface area (Å²) >= 11 is 0.884. The number of nitrogens with two attached hydrogens (primary N) is 2. The van der Waals surface area contributed by atoms with Crippen molar-refractivity contribution in [3.63, 3.8) is 0 Å².